The van der Waals surface area contributed by atoms with E-state index in [9.17, 15) is 20.7 Å². The molecule has 0 bridgehead atoms. The lowest BCUT2D eigenvalue weighted by Gasteiger charge is -2.08. The Morgan fingerprint density at radius 1 is 0.952 bits per heavy atom. The first kappa shape index (κ1) is 15.9. The molecule has 0 saturated heterocycles. The summed E-state index contributed by atoms with van der Waals surface area (Å²) in [5, 5.41) is 0. The van der Waals surface area contributed by atoms with Crippen LogP contribution in [-0.4, -0.2) is 21.8 Å². The van der Waals surface area contributed by atoms with Gasteiger partial charge in [0.05, 0.1) is 21.7 Å². The number of nitrogens with one attached hydrogen (secondary N) is 1. The van der Waals surface area contributed by atoms with Crippen LogP contribution in [0.4, 0.5) is 9.57 Å². The Morgan fingerprint density at radius 3 is 2.00 bits per heavy atom. The molecule has 112 valence electrons. The van der Waals surface area contributed by atoms with Crippen molar-refractivity contribution < 1.29 is 20.7 Å². The number of anilines is 1. The van der Waals surface area contributed by atoms with E-state index >= 15 is 0 Å². The maximum Gasteiger partial charge on any atom is 0.332 e. The zero-order valence-electron chi connectivity index (χ0n) is 10.2. The molecule has 0 aliphatic heterocycles. The number of halogens is 2. The molecule has 0 spiro atoms. The first-order valence-corrected chi connectivity index (χ1v) is 9.03. The van der Waals surface area contributed by atoms with Crippen LogP contribution in [0.15, 0.2) is 57.0 Å². The average molecular weight is 395 g/mol. The van der Waals surface area contributed by atoms with Gasteiger partial charge in [0.25, 0.3) is 10.0 Å². The van der Waals surface area contributed by atoms with Crippen LogP contribution in [0.3, 0.4) is 0 Å². The number of hydrogen-bond acceptors (Lipinski definition) is 5. The molecule has 0 saturated carbocycles. The van der Waals surface area contributed by atoms with Crippen molar-refractivity contribution in [3.05, 3.63) is 47.2 Å². The summed E-state index contributed by atoms with van der Waals surface area (Å²) in [6, 6.07) is 6.81. The van der Waals surface area contributed by atoms with Gasteiger partial charge in [-0.3, -0.25) is 4.72 Å². The molecular weight excluding hydrogens is 387 g/mol. The zero-order valence-corrected chi connectivity index (χ0v) is 13.4. The second-order valence-corrected chi connectivity index (χ2v) is 7.73. The van der Waals surface area contributed by atoms with Gasteiger partial charge in [-0.1, -0.05) is 0 Å². The third kappa shape index (κ3) is 3.99. The summed E-state index contributed by atoms with van der Waals surface area (Å²) in [4.78, 5) is 3.06. The van der Waals surface area contributed by atoms with Crippen molar-refractivity contribution in [2.45, 2.75) is 9.79 Å². The third-order valence-electron chi connectivity index (χ3n) is 2.40. The second kappa shape index (κ2) is 5.70. The zero-order chi connectivity index (χ0) is 15.7. The van der Waals surface area contributed by atoms with Gasteiger partial charge in [0, 0.05) is 0 Å². The number of pyridine rings is 1. The SMILES string of the molecule is O=S(=O)(F)c1ccc(S(=O)(=O)Nc2ccc(Br)nc2)cc1. The molecule has 2 rings (SSSR count). The molecular formula is C11H8BrFN2O4S2. The van der Waals surface area contributed by atoms with Crippen LogP contribution < -0.4 is 4.72 Å². The Balaban J connectivity index is 2.29. The smallest absolute Gasteiger partial charge is 0.278 e. The molecule has 1 N–H and O–H groups in total. The van der Waals surface area contributed by atoms with Crippen LogP contribution >= 0.6 is 15.9 Å². The summed E-state index contributed by atoms with van der Waals surface area (Å²) >= 11 is 3.12. The topological polar surface area (TPSA) is 93.2 Å². The number of nitrogens with zero attached hydrogens (tertiary/aromatic N) is 1. The highest BCUT2D eigenvalue weighted by atomic mass is 79.9. The van der Waals surface area contributed by atoms with Gasteiger partial charge < -0.3 is 0 Å². The van der Waals surface area contributed by atoms with Gasteiger partial charge in [-0.15, -0.1) is 3.89 Å². The predicted molar refractivity (Wildman–Crippen MR) is 77.5 cm³/mol. The maximum atomic E-state index is 12.7. The lowest BCUT2D eigenvalue weighted by molar-refractivity contribution is 0.551. The average Bonchev–Trinajstić information content (AvgIpc) is 2.40. The number of rotatable bonds is 4. The molecule has 1 aromatic carbocycles. The fourth-order valence-corrected chi connectivity index (χ4v) is 3.17. The van der Waals surface area contributed by atoms with E-state index in [1.54, 1.807) is 6.07 Å². The van der Waals surface area contributed by atoms with Crippen LogP contribution in [0.1, 0.15) is 0 Å². The van der Waals surface area contributed by atoms with Crippen LogP contribution in [0, 0.1) is 0 Å². The van der Waals surface area contributed by atoms with E-state index in [1.807, 2.05) is 0 Å². The van der Waals surface area contributed by atoms with Gasteiger partial charge in [0.15, 0.2) is 0 Å². The lowest BCUT2D eigenvalue weighted by atomic mass is 10.4. The van der Waals surface area contributed by atoms with Gasteiger partial charge in [-0.2, -0.15) is 8.42 Å². The van der Waals surface area contributed by atoms with E-state index in [2.05, 4.69) is 25.6 Å². The largest absolute Gasteiger partial charge is 0.332 e. The summed E-state index contributed by atoms with van der Waals surface area (Å²) in [5.74, 6) is 0. The molecule has 0 radical (unpaired) electrons. The molecule has 2 aromatic rings. The summed E-state index contributed by atoms with van der Waals surface area (Å²) in [6.07, 6.45) is 1.31. The van der Waals surface area contributed by atoms with E-state index in [0.29, 0.717) is 4.60 Å². The van der Waals surface area contributed by atoms with Crippen LogP contribution in [-0.2, 0) is 20.2 Å². The lowest BCUT2D eigenvalue weighted by Crippen LogP contribution is -2.13. The third-order valence-corrected chi connectivity index (χ3v) is 5.10. The number of benzene rings is 1. The Hall–Kier alpha value is -1.52. The Morgan fingerprint density at radius 2 is 1.52 bits per heavy atom. The van der Waals surface area contributed by atoms with E-state index in [0.717, 1.165) is 24.3 Å². The van der Waals surface area contributed by atoms with Gasteiger partial charge in [-0.05, 0) is 52.3 Å². The molecule has 1 aromatic heterocycles. The van der Waals surface area contributed by atoms with Gasteiger partial charge >= 0.3 is 10.2 Å². The first-order chi connectivity index (χ1) is 9.68. The Kier molecular flexibility index (Phi) is 4.30. The molecule has 0 unspecified atom stereocenters. The summed E-state index contributed by atoms with van der Waals surface area (Å²) < 4.78 is 61.0. The fraction of sp³-hybridized carbons (Fsp3) is 0. The van der Waals surface area contributed by atoms with Crippen molar-refractivity contribution in [1.29, 1.82) is 0 Å². The molecule has 21 heavy (non-hydrogen) atoms. The van der Waals surface area contributed by atoms with Crippen LogP contribution in [0.25, 0.3) is 0 Å². The quantitative estimate of drug-likeness (QED) is 0.634. The molecule has 6 nitrogen and oxygen atoms in total. The van der Waals surface area contributed by atoms with Crippen molar-refractivity contribution >= 4 is 41.9 Å². The van der Waals surface area contributed by atoms with Gasteiger partial charge in [0.2, 0.25) is 0 Å². The van der Waals surface area contributed by atoms with Crippen molar-refractivity contribution in [3.63, 3.8) is 0 Å². The summed E-state index contributed by atoms with van der Waals surface area (Å²) in [6.45, 7) is 0. The molecule has 0 aliphatic carbocycles. The predicted octanol–water partition coefficient (Wildman–Crippen LogP) is 2.30. The molecule has 0 aliphatic rings. The highest BCUT2D eigenvalue weighted by molar-refractivity contribution is 9.10. The minimum atomic E-state index is -4.86. The number of sulfonamides is 1. The fourth-order valence-electron chi connectivity index (χ4n) is 1.43. The van der Waals surface area contributed by atoms with Crippen LogP contribution in [0.5, 0.6) is 0 Å². The number of hydrogen-bond donors (Lipinski definition) is 1. The minimum Gasteiger partial charge on any atom is -0.278 e. The second-order valence-electron chi connectivity index (χ2n) is 3.88. The molecule has 0 amide bonds. The van der Waals surface area contributed by atoms with Crippen molar-refractivity contribution in [1.82, 2.24) is 4.98 Å². The normalized spacial score (nSPS) is 12.1. The van der Waals surface area contributed by atoms with E-state index in [1.165, 1.54) is 12.3 Å². The molecule has 1 heterocycles. The highest BCUT2D eigenvalue weighted by Gasteiger charge is 2.17. The first-order valence-electron chi connectivity index (χ1n) is 5.37. The van der Waals surface area contributed by atoms with Crippen LogP contribution in [0.2, 0.25) is 0 Å². The minimum absolute atomic E-state index is 0.196. The van der Waals surface area contributed by atoms with Gasteiger partial charge in [-0.25, -0.2) is 13.4 Å². The summed E-state index contributed by atoms with van der Waals surface area (Å²) in [5.41, 5.74) is 0.236. The molecule has 0 atom stereocenters. The van der Waals surface area contributed by atoms with Crippen molar-refractivity contribution in [2.24, 2.45) is 0 Å². The summed E-state index contributed by atoms with van der Waals surface area (Å²) in [7, 11) is -8.77. The molecule has 0 fully saturated rings. The maximum absolute atomic E-state index is 12.7. The van der Waals surface area contributed by atoms with Gasteiger partial charge in [0.1, 0.15) is 4.60 Å². The van der Waals surface area contributed by atoms with Crippen molar-refractivity contribution in [2.75, 3.05) is 4.72 Å². The van der Waals surface area contributed by atoms with Crippen molar-refractivity contribution in [3.8, 4) is 0 Å². The van der Waals surface area contributed by atoms with E-state index in [4.69, 9.17) is 0 Å². The van der Waals surface area contributed by atoms with E-state index in [-0.39, 0.29) is 10.6 Å². The Bertz CT molecular complexity index is 850. The Labute approximate surface area is 129 Å². The monoisotopic (exact) mass is 394 g/mol. The standard InChI is InChI=1S/C11H8BrFN2O4S2/c12-11-6-1-8(7-14-11)15-21(18,19)10-4-2-9(3-5-10)20(13,16)17/h1-7,15H. The highest BCUT2D eigenvalue weighted by Crippen LogP contribution is 2.19. The van der Waals surface area contributed by atoms with E-state index < -0.39 is 25.1 Å². The molecule has 10 heteroatoms. The number of aromatic nitrogens is 1.